The van der Waals surface area contributed by atoms with Crippen molar-refractivity contribution in [2.24, 2.45) is 7.05 Å². The molecule has 0 bridgehead atoms. The van der Waals surface area contributed by atoms with Crippen molar-refractivity contribution in [3.05, 3.63) is 66.0 Å². The van der Waals surface area contributed by atoms with Gasteiger partial charge in [-0.15, -0.1) is 10.2 Å². The largest absolute Gasteiger partial charge is 0.305 e. The molecule has 138 valence electrons. The molecule has 9 heteroatoms. The van der Waals surface area contributed by atoms with Gasteiger partial charge in [-0.3, -0.25) is 20.4 Å². The lowest BCUT2D eigenvalue weighted by atomic mass is 10.2. The van der Waals surface area contributed by atoms with Gasteiger partial charge in [-0.1, -0.05) is 42.1 Å². The number of rotatable bonds is 5. The van der Waals surface area contributed by atoms with E-state index >= 15 is 0 Å². The molecule has 1 aromatic heterocycles. The Morgan fingerprint density at radius 1 is 1.04 bits per heavy atom. The Balaban J connectivity index is 1.55. The standard InChI is InChI=1S/C18H16FN5O2S/c1-24-16(13-9-5-6-10-14(13)19)21-23-18(24)27-11-15(25)20-22-17(26)12-7-3-2-4-8-12/h2-10H,11H2,1H3,(H,20,25)(H,22,26). The van der Waals surface area contributed by atoms with Crippen molar-refractivity contribution in [1.82, 2.24) is 25.6 Å². The molecule has 0 aliphatic carbocycles. The highest BCUT2D eigenvalue weighted by Crippen LogP contribution is 2.24. The van der Waals surface area contributed by atoms with E-state index in [0.29, 0.717) is 22.1 Å². The summed E-state index contributed by atoms with van der Waals surface area (Å²) in [6.07, 6.45) is 0. The number of nitrogens with one attached hydrogen (secondary N) is 2. The molecule has 0 saturated heterocycles. The van der Waals surface area contributed by atoms with Gasteiger partial charge in [0, 0.05) is 12.6 Å². The molecular weight excluding hydrogens is 369 g/mol. The minimum Gasteiger partial charge on any atom is -0.305 e. The molecule has 0 aliphatic rings. The van der Waals surface area contributed by atoms with Gasteiger partial charge in [0.2, 0.25) is 5.91 Å². The Morgan fingerprint density at radius 3 is 2.48 bits per heavy atom. The van der Waals surface area contributed by atoms with Crippen molar-refractivity contribution in [1.29, 1.82) is 0 Å². The monoisotopic (exact) mass is 385 g/mol. The summed E-state index contributed by atoms with van der Waals surface area (Å²) in [5.74, 6) is -0.827. The summed E-state index contributed by atoms with van der Waals surface area (Å²) in [6, 6.07) is 14.8. The van der Waals surface area contributed by atoms with Crippen molar-refractivity contribution in [3.63, 3.8) is 0 Å². The van der Waals surface area contributed by atoms with E-state index in [-0.39, 0.29) is 5.75 Å². The second kappa shape index (κ2) is 8.45. The first-order valence-electron chi connectivity index (χ1n) is 7.97. The molecule has 2 amide bonds. The number of aromatic nitrogens is 3. The molecular formula is C18H16FN5O2S. The topological polar surface area (TPSA) is 88.9 Å². The smallest absolute Gasteiger partial charge is 0.269 e. The van der Waals surface area contributed by atoms with Gasteiger partial charge in [-0.05, 0) is 24.3 Å². The number of amides is 2. The Kier molecular flexibility index (Phi) is 5.82. The number of carbonyl (C=O) groups excluding carboxylic acids is 2. The van der Waals surface area contributed by atoms with Gasteiger partial charge < -0.3 is 4.57 Å². The zero-order chi connectivity index (χ0) is 19.2. The zero-order valence-corrected chi connectivity index (χ0v) is 15.2. The maximum atomic E-state index is 13.9. The molecule has 0 unspecified atom stereocenters. The number of hydrazine groups is 1. The van der Waals surface area contributed by atoms with Gasteiger partial charge in [0.05, 0.1) is 11.3 Å². The molecule has 0 aliphatic heterocycles. The highest BCUT2D eigenvalue weighted by atomic mass is 32.2. The van der Waals surface area contributed by atoms with E-state index in [1.807, 2.05) is 0 Å². The van der Waals surface area contributed by atoms with Crippen LogP contribution in [0, 0.1) is 5.82 Å². The lowest BCUT2D eigenvalue weighted by Crippen LogP contribution is -2.42. The van der Waals surface area contributed by atoms with E-state index in [4.69, 9.17) is 0 Å². The maximum absolute atomic E-state index is 13.9. The fourth-order valence-corrected chi connectivity index (χ4v) is 2.98. The van der Waals surface area contributed by atoms with Gasteiger partial charge >= 0.3 is 0 Å². The number of hydrogen-bond acceptors (Lipinski definition) is 5. The third-order valence-corrected chi connectivity index (χ3v) is 4.65. The van der Waals surface area contributed by atoms with Crippen molar-refractivity contribution in [2.75, 3.05) is 5.75 Å². The molecule has 3 aromatic rings. The average Bonchev–Trinajstić information content (AvgIpc) is 3.06. The van der Waals surface area contributed by atoms with Crippen LogP contribution in [0.15, 0.2) is 59.8 Å². The van der Waals surface area contributed by atoms with Crippen LogP contribution in [-0.2, 0) is 11.8 Å². The van der Waals surface area contributed by atoms with Gasteiger partial charge in [0.25, 0.3) is 5.91 Å². The molecule has 0 saturated carbocycles. The fourth-order valence-electron chi connectivity index (χ4n) is 2.27. The molecule has 1 heterocycles. The Bertz CT molecular complexity index is 961. The van der Waals surface area contributed by atoms with Crippen LogP contribution in [0.4, 0.5) is 4.39 Å². The van der Waals surface area contributed by atoms with E-state index in [0.717, 1.165) is 11.8 Å². The summed E-state index contributed by atoms with van der Waals surface area (Å²) in [5.41, 5.74) is 5.46. The summed E-state index contributed by atoms with van der Waals surface area (Å²) in [7, 11) is 1.69. The summed E-state index contributed by atoms with van der Waals surface area (Å²) in [4.78, 5) is 23.8. The van der Waals surface area contributed by atoms with E-state index < -0.39 is 17.6 Å². The number of carbonyl (C=O) groups is 2. The van der Waals surface area contributed by atoms with E-state index in [1.165, 1.54) is 6.07 Å². The Labute approximate surface area is 159 Å². The minimum atomic E-state index is -0.408. The lowest BCUT2D eigenvalue weighted by Gasteiger charge is -2.07. The number of halogens is 1. The second-order valence-electron chi connectivity index (χ2n) is 5.50. The average molecular weight is 385 g/mol. The molecule has 2 aromatic carbocycles. The van der Waals surface area contributed by atoms with Crippen molar-refractivity contribution < 1.29 is 14.0 Å². The first-order valence-corrected chi connectivity index (χ1v) is 8.96. The van der Waals surface area contributed by atoms with Crippen LogP contribution in [0.2, 0.25) is 0 Å². The van der Waals surface area contributed by atoms with Gasteiger partial charge in [0.1, 0.15) is 5.82 Å². The molecule has 27 heavy (non-hydrogen) atoms. The Hall–Kier alpha value is -3.20. The highest BCUT2D eigenvalue weighted by Gasteiger charge is 2.15. The van der Waals surface area contributed by atoms with Crippen LogP contribution < -0.4 is 10.9 Å². The summed E-state index contributed by atoms with van der Waals surface area (Å²) >= 11 is 1.13. The number of hydrogen-bond donors (Lipinski definition) is 2. The quantitative estimate of drug-likeness (QED) is 0.519. The van der Waals surface area contributed by atoms with Crippen molar-refractivity contribution >= 4 is 23.6 Å². The Morgan fingerprint density at radius 2 is 1.74 bits per heavy atom. The van der Waals surface area contributed by atoms with Crippen LogP contribution in [0.5, 0.6) is 0 Å². The number of thioether (sulfide) groups is 1. The van der Waals surface area contributed by atoms with E-state index in [9.17, 15) is 14.0 Å². The van der Waals surface area contributed by atoms with Gasteiger partial charge in [-0.25, -0.2) is 4.39 Å². The zero-order valence-electron chi connectivity index (χ0n) is 14.3. The van der Waals surface area contributed by atoms with Crippen LogP contribution >= 0.6 is 11.8 Å². The SMILES string of the molecule is Cn1c(SCC(=O)NNC(=O)c2ccccc2)nnc1-c1ccccc1F. The molecule has 0 radical (unpaired) electrons. The van der Waals surface area contributed by atoms with E-state index in [2.05, 4.69) is 21.0 Å². The highest BCUT2D eigenvalue weighted by molar-refractivity contribution is 7.99. The second-order valence-corrected chi connectivity index (χ2v) is 6.44. The molecule has 0 fully saturated rings. The molecule has 2 N–H and O–H groups in total. The first-order chi connectivity index (χ1) is 13.1. The molecule has 0 spiro atoms. The molecule has 3 rings (SSSR count). The van der Waals surface area contributed by atoms with Gasteiger partial charge in [-0.2, -0.15) is 0 Å². The lowest BCUT2D eigenvalue weighted by molar-refractivity contribution is -0.119. The van der Waals surface area contributed by atoms with Crippen LogP contribution in [0.1, 0.15) is 10.4 Å². The predicted molar refractivity (Wildman–Crippen MR) is 99.2 cm³/mol. The first kappa shape index (κ1) is 18.6. The predicted octanol–water partition coefficient (Wildman–Crippen LogP) is 2.17. The molecule has 0 atom stereocenters. The maximum Gasteiger partial charge on any atom is 0.269 e. The van der Waals surface area contributed by atoms with E-state index in [1.54, 1.807) is 60.1 Å². The summed E-state index contributed by atoms with van der Waals surface area (Å²) in [6.45, 7) is 0. The normalized spacial score (nSPS) is 10.4. The van der Waals surface area contributed by atoms with Crippen molar-refractivity contribution in [2.45, 2.75) is 5.16 Å². The summed E-state index contributed by atoms with van der Waals surface area (Å²) in [5, 5.41) is 8.44. The minimum absolute atomic E-state index is 0.0122. The van der Waals surface area contributed by atoms with Crippen LogP contribution in [0.25, 0.3) is 11.4 Å². The fraction of sp³-hybridized carbons (Fsp3) is 0.111. The third kappa shape index (κ3) is 4.50. The number of nitrogens with zero attached hydrogens (tertiary/aromatic N) is 3. The van der Waals surface area contributed by atoms with Crippen LogP contribution in [-0.4, -0.2) is 32.3 Å². The summed E-state index contributed by atoms with van der Waals surface area (Å²) < 4.78 is 15.5. The van der Waals surface area contributed by atoms with Crippen LogP contribution in [0.3, 0.4) is 0 Å². The third-order valence-electron chi connectivity index (χ3n) is 3.63. The van der Waals surface area contributed by atoms with Crippen molar-refractivity contribution in [3.8, 4) is 11.4 Å². The molecule has 7 nitrogen and oxygen atoms in total. The number of benzene rings is 2. The van der Waals surface area contributed by atoms with Gasteiger partial charge in [0.15, 0.2) is 11.0 Å².